The molecule has 0 saturated carbocycles. The van der Waals surface area contributed by atoms with E-state index in [1.807, 2.05) is 60.7 Å². The lowest BCUT2D eigenvalue weighted by Gasteiger charge is -2.47. The van der Waals surface area contributed by atoms with Crippen LogP contribution in [-0.4, -0.2) is 53.4 Å². The molecule has 5 heteroatoms. The van der Waals surface area contributed by atoms with E-state index in [0.29, 0.717) is 18.0 Å². The largest absolute Gasteiger partial charge is 0.459 e. The van der Waals surface area contributed by atoms with Crippen LogP contribution in [0.15, 0.2) is 60.7 Å². The van der Waals surface area contributed by atoms with Gasteiger partial charge in [-0.05, 0) is 16.9 Å². The molecule has 3 fully saturated rings. The number of carbonyl (C=O) groups excluding carboxylic acids is 1. The van der Waals surface area contributed by atoms with Gasteiger partial charge in [0, 0.05) is 38.5 Å². The average molecular weight is 467 g/mol. The summed E-state index contributed by atoms with van der Waals surface area (Å²) >= 11 is 1.68. The van der Waals surface area contributed by atoms with Gasteiger partial charge in [0.1, 0.15) is 6.10 Å². The number of rotatable bonds is 8. The number of hydrogen-bond donors (Lipinski definition) is 0. The zero-order valence-electron chi connectivity index (χ0n) is 19.7. The first-order valence-electron chi connectivity index (χ1n) is 12.6. The molecule has 2 bridgehead atoms. The molecule has 3 aliphatic rings. The predicted molar refractivity (Wildman–Crippen MR) is 133 cm³/mol. The first-order valence-corrected chi connectivity index (χ1v) is 13.7. The Morgan fingerprint density at radius 2 is 1.48 bits per heavy atom. The average Bonchev–Trinajstić information content (AvgIpc) is 3.39. The molecule has 0 amide bonds. The van der Waals surface area contributed by atoms with E-state index < -0.39 is 5.60 Å². The molecular weight excluding hydrogens is 430 g/mol. The highest BCUT2D eigenvalue weighted by molar-refractivity contribution is 7.99. The Morgan fingerprint density at radius 3 is 2.00 bits per heavy atom. The Kier molecular flexibility index (Phi) is 6.82. The van der Waals surface area contributed by atoms with Crippen molar-refractivity contribution in [3.8, 4) is 0 Å². The Balaban J connectivity index is 1.44. The maximum Gasteiger partial charge on any atom is 0.348 e. The molecule has 1 spiro atoms. The quantitative estimate of drug-likeness (QED) is 0.223. The van der Waals surface area contributed by atoms with Crippen molar-refractivity contribution >= 4 is 17.7 Å². The lowest BCUT2D eigenvalue weighted by atomic mass is 9.85. The zero-order valence-corrected chi connectivity index (χ0v) is 20.5. The van der Waals surface area contributed by atoms with Crippen LogP contribution in [0.1, 0.15) is 56.6 Å². The number of thioether (sulfide) groups is 1. The van der Waals surface area contributed by atoms with E-state index in [0.717, 1.165) is 29.7 Å². The third-order valence-electron chi connectivity index (χ3n) is 8.24. The summed E-state index contributed by atoms with van der Waals surface area (Å²) < 4.78 is 14.2. The van der Waals surface area contributed by atoms with Gasteiger partial charge in [-0.1, -0.05) is 67.6 Å². The zero-order chi connectivity index (χ0) is 22.7. The maximum absolute atomic E-state index is 14.1. The molecule has 176 valence electrons. The summed E-state index contributed by atoms with van der Waals surface area (Å²) in [6, 6.07) is 21.1. The van der Waals surface area contributed by atoms with Crippen LogP contribution >= 0.6 is 11.8 Å². The van der Waals surface area contributed by atoms with Crippen molar-refractivity contribution < 1.29 is 18.8 Å². The van der Waals surface area contributed by atoms with Gasteiger partial charge in [0.2, 0.25) is 5.60 Å². The molecule has 0 aliphatic carbocycles. The second kappa shape index (κ2) is 9.81. The number of quaternary nitrogens is 1. The molecule has 3 heterocycles. The smallest absolute Gasteiger partial charge is 0.348 e. The molecule has 2 aromatic rings. The SMILES string of the molecule is CCSCOC(C(=O)OC1CC2CCC(C1)[N+]21CCCC1)(c1ccccc1)c1ccccc1. The van der Waals surface area contributed by atoms with Crippen LogP contribution in [0.3, 0.4) is 0 Å². The van der Waals surface area contributed by atoms with Gasteiger partial charge in [-0.25, -0.2) is 4.79 Å². The Labute approximate surface area is 202 Å². The summed E-state index contributed by atoms with van der Waals surface area (Å²) in [5, 5.41) is 0. The molecule has 33 heavy (non-hydrogen) atoms. The van der Waals surface area contributed by atoms with Crippen LogP contribution in [-0.2, 0) is 19.9 Å². The van der Waals surface area contributed by atoms with Gasteiger partial charge < -0.3 is 14.0 Å². The summed E-state index contributed by atoms with van der Waals surface area (Å²) in [6.07, 6.45) is 7.23. The number of esters is 1. The van der Waals surface area contributed by atoms with Crippen molar-refractivity contribution in [2.45, 2.75) is 69.2 Å². The third kappa shape index (κ3) is 4.13. The number of ether oxygens (including phenoxy) is 2. The lowest BCUT2D eigenvalue weighted by Crippen LogP contribution is -2.60. The molecule has 4 nitrogen and oxygen atoms in total. The molecule has 0 aromatic heterocycles. The topological polar surface area (TPSA) is 35.5 Å². The molecule has 0 radical (unpaired) electrons. The van der Waals surface area contributed by atoms with E-state index in [2.05, 4.69) is 6.92 Å². The van der Waals surface area contributed by atoms with Gasteiger partial charge in [-0.3, -0.25) is 0 Å². The van der Waals surface area contributed by atoms with Crippen LogP contribution in [0.4, 0.5) is 0 Å². The second-order valence-electron chi connectivity index (χ2n) is 9.81. The van der Waals surface area contributed by atoms with Gasteiger partial charge in [0.15, 0.2) is 0 Å². The van der Waals surface area contributed by atoms with Crippen LogP contribution in [0.25, 0.3) is 0 Å². The summed E-state index contributed by atoms with van der Waals surface area (Å²) in [5.41, 5.74) is 0.417. The highest BCUT2D eigenvalue weighted by Crippen LogP contribution is 2.47. The van der Waals surface area contributed by atoms with E-state index >= 15 is 0 Å². The van der Waals surface area contributed by atoms with E-state index in [4.69, 9.17) is 9.47 Å². The Morgan fingerprint density at radius 1 is 0.939 bits per heavy atom. The van der Waals surface area contributed by atoms with Crippen molar-refractivity contribution in [3.63, 3.8) is 0 Å². The van der Waals surface area contributed by atoms with Crippen molar-refractivity contribution in [2.75, 3.05) is 24.8 Å². The molecule has 5 rings (SSSR count). The minimum absolute atomic E-state index is 0.0198. The fourth-order valence-electron chi connectivity index (χ4n) is 6.73. The first kappa shape index (κ1) is 22.9. The second-order valence-corrected chi connectivity index (χ2v) is 11.0. The fourth-order valence-corrected chi connectivity index (χ4v) is 7.15. The standard InChI is InChI=1S/C28H36NO3S/c1-2-33-21-31-28(22-11-5-3-6-12-22,23-13-7-4-8-14-23)27(30)32-26-19-24-15-16-25(20-26)29(24)17-9-10-18-29/h3-8,11-14,24-26H,2,9-10,15-21H2,1H3/q+1. The first-order chi connectivity index (χ1) is 16.2. The highest BCUT2D eigenvalue weighted by Gasteiger charge is 2.56. The lowest BCUT2D eigenvalue weighted by molar-refractivity contribution is -0.956. The predicted octanol–water partition coefficient (Wildman–Crippen LogP) is 5.50. The molecule has 2 unspecified atom stereocenters. The number of carbonyl (C=O) groups is 1. The fraction of sp³-hybridized carbons (Fsp3) is 0.536. The minimum Gasteiger partial charge on any atom is -0.459 e. The highest BCUT2D eigenvalue weighted by atomic mass is 32.2. The maximum atomic E-state index is 14.1. The normalized spacial score (nSPS) is 25.9. The van der Waals surface area contributed by atoms with E-state index in [-0.39, 0.29) is 12.1 Å². The van der Waals surface area contributed by atoms with E-state index in [1.54, 1.807) is 11.8 Å². The van der Waals surface area contributed by atoms with Gasteiger partial charge in [0.25, 0.3) is 0 Å². The molecular formula is C28H36NO3S+. The Bertz CT molecular complexity index is 873. The molecule has 2 atom stereocenters. The molecule has 0 N–H and O–H groups in total. The monoisotopic (exact) mass is 466 g/mol. The Hall–Kier alpha value is -1.82. The summed E-state index contributed by atoms with van der Waals surface area (Å²) in [7, 11) is 0. The number of benzene rings is 2. The van der Waals surface area contributed by atoms with Crippen LogP contribution in [0.5, 0.6) is 0 Å². The van der Waals surface area contributed by atoms with Gasteiger partial charge >= 0.3 is 5.97 Å². The van der Waals surface area contributed by atoms with Crippen molar-refractivity contribution in [3.05, 3.63) is 71.8 Å². The van der Waals surface area contributed by atoms with Crippen LogP contribution < -0.4 is 0 Å². The number of piperidine rings is 1. The summed E-state index contributed by atoms with van der Waals surface area (Å²) in [5.74, 6) is 1.10. The van der Waals surface area contributed by atoms with Gasteiger partial charge in [-0.15, -0.1) is 11.8 Å². The van der Waals surface area contributed by atoms with Crippen molar-refractivity contribution in [1.29, 1.82) is 0 Å². The molecule has 3 saturated heterocycles. The summed E-state index contributed by atoms with van der Waals surface area (Å²) in [4.78, 5) is 14.1. The van der Waals surface area contributed by atoms with Crippen LogP contribution in [0.2, 0.25) is 0 Å². The van der Waals surface area contributed by atoms with Gasteiger partial charge in [0.05, 0.1) is 31.1 Å². The van der Waals surface area contributed by atoms with Gasteiger partial charge in [-0.2, -0.15) is 0 Å². The van der Waals surface area contributed by atoms with Crippen molar-refractivity contribution in [2.24, 2.45) is 0 Å². The number of nitrogens with zero attached hydrogens (tertiary/aromatic N) is 1. The van der Waals surface area contributed by atoms with E-state index in [9.17, 15) is 4.79 Å². The van der Waals surface area contributed by atoms with E-state index in [1.165, 1.54) is 43.3 Å². The minimum atomic E-state index is -1.25. The third-order valence-corrected chi connectivity index (χ3v) is 8.93. The van der Waals surface area contributed by atoms with Crippen molar-refractivity contribution in [1.82, 2.24) is 0 Å². The van der Waals surface area contributed by atoms with Crippen LogP contribution in [0, 0.1) is 0 Å². The molecule has 3 aliphatic heterocycles. The number of hydrogen-bond acceptors (Lipinski definition) is 4. The summed E-state index contributed by atoms with van der Waals surface area (Å²) in [6.45, 7) is 4.75. The molecule has 2 aromatic carbocycles.